The van der Waals surface area contributed by atoms with E-state index in [1.165, 1.54) is 18.2 Å². The summed E-state index contributed by atoms with van der Waals surface area (Å²) in [5.74, 6) is 0.208. The molecule has 3 aromatic rings. The third-order valence-corrected chi connectivity index (χ3v) is 9.68. The number of carbonyl (C=O) groups excluding carboxylic acids is 1. The number of hydrogen-bond acceptors (Lipinski definition) is 8. The molecule has 3 heterocycles. The van der Waals surface area contributed by atoms with Gasteiger partial charge in [-0.2, -0.15) is 13.2 Å². The maximum Gasteiger partial charge on any atom is 0.573 e. The molecule has 3 aliphatic carbocycles. The van der Waals surface area contributed by atoms with Crippen LogP contribution in [0.4, 0.5) is 32.2 Å². The number of carbonyl (C=O) groups is 1. The zero-order chi connectivity index (χ0) is 32.4. The largest absolute Gasteiger partial charge is 0.573 e. The Balaban J connectivity index is 1.10. The number of methoxy groups -OCH3 is 1. The summed E-state index contributed by atoms with van der Waals surface area (Å²) in [6.07, 6.45) is -3.91. The zero-order valence-electron chi connectivity index (χ0n) is 24.7. The van der Waals surface area contributed by atoms with Crippen molar-refractivity contribution < 1.29 is 49.9 Å². The second-order valence-electron chi connectivity index (χ2n) is 12.5. The average Bonchev–Trinajstić information content (AvgIpc) is 3.94. The molecule has 46 heavy (non-hydrogen) atoms. The van der Waals surface area contributed by atoms with Gasteiger partial charge in [-0.1, -0.05) is 17.3 Å². The van der Waals surface area contributed by atoms with Crippen molar-refractivity contribution in [2.24, 2.45) is 17.8 Å². The first kappa shape index (κ1) is 30.8. The van der Waals surface area contributed by atoms with E-state index in [0.717, 1.165) is 51.5 Å². The lowest BCUT2D eigenvalue weighted by atomic mass is 9.84. The lowest BCUT2D eigenvalue weighted by Crippen LogP contribution is -2.38. The number of esters is 1. The SMILES string of the molecule is COC(=O)c1cnc(N2CCCC3CC2CC2C3[C@H]2OCc2c(-c3ccccc3OC(F)(F)F)noc2C2CC2)cc1C(F)(F)F. The minimum atomic E-state index is -4.88. The molecular formula is C32H31F6N3O5. The quantitative estimate of drug-likeness (QED) is 0.183. The maximum atomic E-state index is 13.9. The third-order valence-electron chi connectivity index (χ3n) is 9.68. The highest BCUT2D eigenvalue weighted by atomic mass is 19.4. The Hall–Kier alpha value is -3.81. The lowest BCUT2D eigenvalue weighted by Gasteiger charge is -2.35. The van der Waals surface area contributed by atoms with E-state index in [1.807, 2.05) is 4.90 Å². The summed E-state index contributed by atoms with van der Waals surface area (Å²) >= 11 is 0. The number of alkyl halides is 6. The Labute approximate surface area is 260 Å². The van der Waals surface area contributed by atoms with Gasteiger partial charge in [-0.15, -0.1) is 13.2 Å². The fourth-order valence-corrected chi connectivity index (χ4v) is 7.50. The van der Waals surface area contributed by atoms with E-state index < -0.39 is 29.6 Å². The first-order valence-electron chi connectivity index (χ1n) is 15.3. The first-order valence-corrected chi connectivity index (χ1v) is 15.3. The van der Waals surface area contributed by atoms with Crippen molar-refractivity contribution in [3.8, 4) is 17.0 Å². The number of ether oxygens (including phenoxy) is 3. The van der Waals surface area contributed by atoms with Crippen LogP contribution in [0.3, 0.4) is 0 Å². The number of halogens is 6. The number of pyridine rings is 1. The molecule has 0 radical (unpaired) electrons. The highest BCUT2D eigenvalue weighted by Crippen LogP contribution is 2.58. The van der Waals surface area contributed by atoms with Gasteiger partial charge in [0.1, 0.15) is 23.0 Å². The Kier molecular flexibility index (Phi) is 7.68. The van der Waals surface area contributed by atoms with Crippen LogP contribution in [0.2, 0.25) is 0 Å². The van der Waals surface area contributed by atoms with Crippen molar-refractivity contribution in [2.75, 3.05) is 18.6 Å². The van der Waals surface area contributed by atoms with Gasteiger partial charge in [0.25, 0.3) is 0 Å². The van der Waals surface area contributed by atoms with Crippen molar-refractivity contribution in [1.82, 2.24) is 10.1 Å². The summed E-state index contributed by atoms with van der Waals surface area (Å²) in [5.41, 5.74) is -0.675. The molecule has 1 aromatic carbocycles. The van der Waals surface area contributed by atoms with Gasteiger partial charge in [-0.05, 0) is 74.5 Å². The van der Waals surface area contributed by atoms with E-state index >= 15 is 0 Å². The lowest BCUT2D eigenvalue weighted by molar-refractivity contribution is -0.274. The molecule has 0 spiro atoms. The average molecular weight is 652 g/mol. The van der Waals surface area contributed by atoms with Crippen molar-refractivity contribution in [3.63, 3.8) is 0 Å². The molecule has 2 aromatic heterocycles. The van der Waals surface area contributed by atoms with Gasteiger partial charge in [0, 0.05) is 35.8 Å². The van der Waals surface area contributed by atoms with Gasteiger partial charge in [-0.3, -0.25) is 0 Å². The van der Waals surface area contributed by atoms with Crippen molar-refractivity contribution >= 4 is 11.8 Å². The summed E-state index contributed by atoms with van der Waals surface area (Å²) in [6, 6.07) is 6.68. The number of nitrogens with zero attached hydrogens (tertiary/aromatic N) is 3. The van der Waals surface area contributed by atoms with Crippen LogP contribution in [-0.2, 0) is 22.3 Å². The van der Waals surface area contributed by atoms with E-state index in [4.69, 9.17) is 9.26 Å². The van der Waals surface area contributed by atoms with E-state index in [9.17, 15) is 31.1 Å². The molecule has 1 aliphatic heterocycles. The Morgan fingerprint density at radius 1 is 1.09 bits per heavy atom. The Bertz CT molecular complexity index is 1620. The van der Waals surface area contributed by atoms with Gasteiger partial charge in [-0.25, -0.2) is 9.78 Å². The molecule has 0 amide bonds. The summed E-state index contributed by atoms with van der Waals surface area (Å²) in [6.45, 7) is 0.650. The fourth-order valence-electron chi connectivity index (χ4n) is 7.50. The number of hydrogen-bond donors (Lipinski definition) is 0. The molecule has 2 bridgehead atoms. The predicted molar refractivity (Wildman–Crippen MR) is 150 cm³/mol. The summed E-state index contributed by atoms with van der Waals surface area (Å²) < 4.78 is 102. The van der Waals surface area contributed by atoms with Gasteiger partial charge < -0.3 is 23.6 Å². The van der Waals surface area contributed by atoms with E-state index in [2.05, 4.69) is 19.6 Å². The topological polar surface area (TPSA) is 86.9 Å². The van der Waals surface area contributed by atoms with E-state index in [-0.39, 0.29) is 59.3 Å². The van der Waals surface area contributed by atoms with Crippen LogP contribution in [0.25, 0.3) is 11.3 Å². The van der Waals surface area contributed by atoms with Crippen LogP contribution in [0, 0.1) is 17.8 Å². The van der Waals surface area contributed by atoms with Gasteiger partial charge >= 0.3 is 18.5 Å². The van der Waals surface area contributed by atoms with Crippen LogP contribution in [0.15, 0.2) is 41.1 Å². The van der Waals surface area contributed by atoms with Crippen molar-refractivity contribution in [2.45, 2.75) is 75.7 Å². The minimum Gasteiger partial charge on any atom is -0.465 e. The molecular weight excluding hydrogens is 620 g/mol. The number of para-hydroxylation sites is 1. The van der Waals surface area contributed by atoms with Crippen LogP contribution in [0.5, 0.6) is 5.75 Å². The van der Waals surface area contributed by atoms with Crippen LogP contribution < -0.4 is 9.64 Å². The number of aromatic nitrogens is 2. The maximum absolute atomic E-state index is 13.9. The number of benzene rings is 1. The Morgan fingerprint density at radius 2 is 1.87 bits per heavy atom. The molecule has 8 nitrogen and oxygen atoms in total. The van der Waals surface area contributed by atoms with Gasteiger partial charge in [0.15, 0.2) is 0 Å². The van der Waals surface area contributed by atoms with Crippen molar-refractivity contribution in [1.29, 1.82) is 0 Å². The monoisotopic (exact) mass is 651 g/mol. The normalized spacial score (nSPS) is 25.9. The molecule has 246 valence electrons. The molecule has 5 atom stereocenters. The van der Waals surface area contributed by atoms with Crippen LogP contribution in [0.1, 0.15) is 71.7 Å². The molecule has 3 saturated carbocycles. The summed E-state index contributed by atoms with van der Waals surface area (Å²) in [5, 5.41) is 4.16. The second-order valence-corrected chi connectivity index (χ2v) is 12.5. The molecule has 14 heteroatoms. The highest BCUT2D eigenvalue weighted by molar-refractivity contribution is 5.91. The smallest absolute Gasteiger partial charge is 0.465 e. The minimum absolute atomic E-state index is 0.0560. The van der Waals surface area contributed by atoms with E-state index in [0.29, 0.717) is 30.2 Å². The van der Waals surface area contributed by atoms with Crippen LogP contribution >= 0.6 is 0 Å². The molecule has 4 fully saturated rings. The fraction of sp³-hybridized carbons (Fsp3) is 0.531. The zero-order valence-corrected chi connectivity index (χ0v) is 24.7. The third kappa shape index (κ3) is 5.91. The first-order chi connectivity index (χ1) is 21.9. The number of fused-ring (bicyclic) bond motifs is 4. The molecule has 4 aliphatic rings. The number of anilines is 1. The molecule has 0 N–H and O–H groups in total. The number of rotatable bonds is 8. The summed E-state index contributed by atoms with van der Waals surface area (Å²) in [7, 11) is 1.02. The van der Waals surface area contributed by atoms with Crippen molar-refractivity contribution in [3.05, 3.63) is 59.0 Å². The van der Waals surface area contributed by atoms with Gasteiger partial charge in [0.2, 0.25) is 0 Å². The van der Waals surface area contributed by atoms with E-state index in [1.54, 1.807) is 6.07 Å². The molecule has 4 unspecified atom stereocenters. The van der Waals surface area contributed by atoms with Crippen LogP contribution in [-0.4, -0.2) is 48.3 Å². The molecule has 7 rings (SSSR count). The summed E-state index contributed by atoms with van der Waals surface area (Å²) in [4.78, 5) is 18.2. The molecule has 1 saturated heterocycles. The Morgan fingerprint density at radius 3 is 2.59 bits per heavy atom. The standard InChI is InChI=1S/C32H31F6N3O5/c1-43-30(42)21-14-39-25(13-23(21)31(33,34)35)41-10-4-5-17-11-18(41)12-20-26(17)29(20)44-15-22-27(40-46-28(22)16-8-9-16)19-6-2-3-7-24(19)45-32(36,37)38/h2-3,6-7,13-14,16-18,20,26,29H,4-5,8-12,15H2,1H3/t17?,18?,20?,26?,29-/m0/s1. The predicted octanol–water partition coefficient (Wildman–Crippen LogP) is 7.53. The van der Waals surface area contributed by atoms with Gasteiger partial charge in [0.05, 0.1) is 30.9 Å². The second kappa shape index (κ2) is 11.5. The highest BCUT2D eigenvalue weighted by Gasteiger charge is 2.59.